The van der Waals surface area contributed by atoms with Crippen LogP contribution >= 0.6 is 0 Å². The molecule has 0 N–H and O–H groups in total. The van der Waals surface area contributed by atoms with Gasteiger partial charge in [-0.2, -0.15) is 0 Å². The number of hydrogen-bond donors (Lipinski definition) is 0. The zero-order chi connectivity index (χ0) is 18.1. The van der Waals surface area contributed by atoms with Crippen LogP contribution in [0, 0.1) is 5.92 Å². The van der Waals surface area contributed by atoms with E-state index in [9.17, 15) is 4.79 Å². The maximum absolute atomic E-state index is 11.9. The van der Waals surface area contributed by atoms with Crippen molar-refractivity contribution in [2.75, 3.05) is 40.0 Å². The molecule has 0 unspecified atom stereocenters. The average molecular weight is 347 g/mol. The van der Waals surface area contributed by atoms with Crippen molar-refractivity contribution in [3.05, 3.63) is 29.8 Å². The number of likely N-dealkylation sites (tertiary alicyclic amines) is 1. The van der Waals surface area contributed by atoms with Crippen LogP contribution in [0.25, 0.3) is 6.08 Å². The number of allylic oxidation sites excluding steroid dienone is 1. The van der Waals surface area contributed by atoms with Gasteiger partial charge in [-0.25, -0.2) is 0 Å². The van der Waals surface area contributed by atoms with Gasteiger partial charge in [-0.1, -0.05) is 18.2 Å². The third kappa shape index (κ3) is 5.78. The third-order valence-corrected chi connectivity index (χ3v) is 4.34. The SMILES string of the molecule is C/C=C/c1ccc(OCCN2CCC[C@H](C(=O)OCC)C2)c(OC)c1. The fourth-order valence-corrected chi connectivity index (χ4v) is 3.10. The van der Waals surface area contributed by atoms with Gasteiger partial charge in [0, 0.05) is 13.1 Å². The lowest BCUT2D eigenvalue weighted by atomic mass is 9.98. The van der Waals surface area contributed by atoms with Gasteiger partial charge in [0.05, 0.1) is 19.6 Å². The first-order valence-corrected chi connectivity index (χ1v) is 9.00. The number of carbonyl (C=O) groups excluding carboxylic acids is 1. The predicted octanol–water partition coefficient (Wildman–Crippen LogP) is 3.38. The summed E-state index contributed by atoms with van der Waals surface area (Å²) in [6, 6.07) is 5.91. The molecule has 5 heteroatoms. The van der Waals surface area contributed by atoms with Crippen LogP contribution in [0.1, 0.15) is 32.3 Å². The molecule has 1 aliphatic rings. The molecular formula is C20H29NO4. The molecule has 0 spiro atoms. The monoisotopic (exact) mass is 347 g/mol. The molecule has 5 nitrogen and oxygen atoms in total. The van der Waals surface area contributed by atoms with E-state index in [1.807, 2.05) is 44.2 Å². The molecular weight excluding hydrogens is 318 g/mol. The van der Waals surface area contributed by atoms with Crippen LogP contribution < -0.4 is 9.47 Å². The Labute approximate surface area is 150 Å². The minimum atomic E-state index is -0.0747. The Balaban J connectivity index is 1.84. The molecule has 138 valence electrons. The Kier molecular flexibility index (Phi) is 7.79. The van der Waals surface area contributed by atoms with E-state index in [0.29, 0.717) is 13.2 Å². The molecule has 1 aromatic rings. The summed E-state index contributed by atoms with van der Waals surface area (Å²) in [5, 5.41) is 0. The number of nitrogens with zero attached hydrogens (tertiary/aromatic N) is 1. The van der Waals surface area contributed by atoms with Crippen molar-refractivity contribution in [3.63, 3.8) is 0 Å². The van der Waals surface area contributed by atoms with Gasteiger partial charge in [-0.3, -0.25) is 9.69 Å². The second-order valence-electron chi connectivity index (χ2n) is 6.15. The Bertz CT molecular complexity index is 585. The zero-order valence-electron chi connectivity index (χ0n) is 15.5. The quantitative estimate of drug-likeness (QED) is 0.675. The van der Waals surface area contributed by atoms with Gasteiger partial charge in [0.25, 0.3) is 0 Å². The van der Waals surface area contributed by atoms with E-state index in [2.05, 4.69) is 4.90 Å². The highest BCUT2D eigenvalue weighted by atomic mass is 16.5. The number of ether oxygens (including phenoxy) is 3. The van der Waals surface area contributed by atoms with Gasteiger partial charge in [0.15, 0.2) is 11.5 Å². The first-order chi connectivity index (χ1) is 12.2. The van der Waals surface area contributed by atoms with Gasteiger partial charge in [-0.05, 0) is 50.9 Å². The van der Waals surface area contributed by atoms with Crippen molar-refractivity contribution in [2.45, 2.75) is 26.7 Å². The van der Waals surface area contributed by atoms with Crippen molar-refractivity contribution in [1.82, 2.24) is 4.90 Å². The fourth-order valence-electron chi connectivity index (χ4n) is 3.10. The summed E-state index contributed by atoms with van der Waals surface area (Å²) in [5.41, 5.74) is 1.08. The lowest BCUT2D eigenvalue weighted by Crippen LogP contribution is -2.41. The topological polar surface area (TPSA) is 48.0 Å². The largest absolute Gasteiger partial charge is 0.493 e. The molecule has 1 aliphatic heterocycles. The first kappa shape index (κ1) is 19.3. The van der Waals surface area contributed by atoms with Crippen LogP contribution in [0.15, 0.2) is 24.3 Å². The van der Waals surface area contributed by atoms with Gasteiger partial charge < -0.3 is 14.2 Å². The Morgan fingerprint density at radius 2 is 2.20 bits per heavy atom. The summed E-state index contributed by atoms with van der Waals surface area (Å²) >= 11 is 0. The maximum Gasteiger partial charge on any atom is 0.310 e. The zero-order valence-corrected chi connectivity index (χ0v) is 15.5. The van der Waals surface area contributed by atoms with Crippen molar-refractivity contribution >= 4 is 12.0 Å². The molecule has 2 rings (SSSR count). The van der Waals surface area contributed by atoms with Gasteiger partial charge in [0.1, 0.15) is 6.61 Å². The highest BCUT2D eigenvalue weighted by Crippen LogP contribution is 2.28. The fraction of sp³-hybridized carbons (Fsp3) is 0.550. The number of rotatable bonds is 8. The number of methoxy groups -OCH3 is 1. The van der Waals surface area contributed by atoms with Crippen LogP contribution in [-0.2, 0) is 9.53 Å². The van der Waals surface area contributed by atoms with Crippen LogP contribution in [0.3, 0.4) is 0 Å². The average Bonchev–Trinajstić information content (AvgIpc) is 2.63. The van der Waals surface area contributed by atoms with E-state index < -0.39 is 0 Å². The number of benzene rings is 1. The highest BCUT2D eigenvalue weighted by molar-refractivity contribution is 5.72. The molecule has 0 radical (unpaired) electrons. The molecule has 1 heterocycles. The lowest BCUT2D eigenvalue weighted by Gasteiger charge is -2.31. The summed E-state index contributed by atoms with van der Waals surface area (Å²) in [6.07, 6.45) is 5.95. The molecule has 25 heavy (non-hydrogen) atoms. The van der Waals surface area contributed by atoms with Crippen molar-refractivity contribution in [1.29, 1.82) is 0 Å². The van der Waals surface area contributed by atoms with Crippen LogP contribution in [0.5, 0.6) is 11.5 Å². The van der Waals surface area contributed by atoms with Crippen molar-refractivity contribution < 1.29 is 19.0 Å². The Morgan fingerprint density at radius 3 is 2.92 bits per heavy atom. The maximum atomic E-state index is 11.9. The predicted molar refractivity (Wildman–Crippen MR) is 99.0 cm³/mol. The van der Waals surface area contributed by atoms with E-state index >= 15 is 0 Å². The second kappa shape index (κ2) is 10.1. The lowest BCUT2D eigenvalue weighted by molar-refractivity contribution is -0.150. The van der Waals surface area contributed by atoms with Crippen LogP contribution in [-0.4, -0.2) is 50.8 Å². The Hall–Kier alpha value is -2.01. The van der Waals surface area contributed by atoms with Gasteiger partial charge in [-0.15, -0.1) is 0 Å². The third-order valence-electron chi connectivity index (χ3n) is 4.34. The summed E-state index contributed by atoms with van der Waals surface area (Å²) in [4.78, 5) is 14.2. The van der Waals surface area contributed by atoms with E-state index in [4.69, 9.17) is 14.2 Å². The summed E-state index contributed by atoms with van der Waals surface area (Å²) < 4.78 is 16.5. The smallest absolute Gasteiger partial charge is 0.310 e. The van der Waals surface area contributed by atoms with Crippen LogP contribution in [0.2, 0.25) is 0 Å². The first-order valence-electron chi connectivity index (χ1n) is 9.00. The summed E-state index contributed by atoms with van der Waals surface area (Å²) in [5.74, 6) is 1.39. The molecule has 0 aliphatic carbocycles. The molecule has 1 saturated heterocycles. The molecule has 1 atom stereocenters. The molecule has 1 aromatic carbocycles. The number of hydrogen-bond acceptors (Lipinski definition) is 5. The molecule has 0 saturated carbocycles. The number of piperidine rings is 1. The minimum Gasteiger partial charge on any atom is -0.493 e. The second-order valence-corrected chi connectivity index (χ2v) is 6.15. The standard InChI is InChI=1S/C20H29NO4/c1-4-7-16-9-10-18(19(14-16)23-3)25-13-12-21-11-6-8-17(15-21)20(22)24-5-2/h4,7,9-10,14,17H,5-6,8,11-13,15H2,1-3H3/b7-4+/t17-/m0/s1. The van der Waals surface area contributed by atoms with E-state index in [0.717, 1.165) is 49.5 Å². The number of carbonyl (C=O) groups is 1. The van der Waals surface area contributed by atoms with Gasteiger partial charge in [0.2, 0.25) is 0 Å². The molecule has 1 fully saturated rings. The van der Waals surface area contributed by atoms with Gasteiger partial charge >= 0.3 is 5.97 Å². The van der Waals surface area contributed by atoms with Crippen LogP contribution in [0.4, 0.5) is 0 Å². The van der Waals surface area contributed by atoms with Crippen molar-refractivity contribution in [3.8, 4) is 11.5 Å². The van der Waals surface area contributed by atoms with E-state index in [-0.39, 0.29) is 11.9 Å². The highest BCUT2D eigenvalue weighted by Gasteiger charge is 2.26. The summed E-state index contributed by atoms with van der Waals surface area (Å²) in [7, 11) is 1.65. The minimum absolute atomic E-state index is 0.0108. The van der Waals surface area contributed by atoms with E-state index in [1.165, 1.54) is 0 Å². The normalized spacial score (nSPS) is 18.3. The molecule has 0 amide bonds. The van der Waals surface area contributed by atoms with E-state index in [1.54, 1.807) is 7.11 Å². The Morgan fingerprint density at radius 1 is 1.36 bits per heavy atom. The molecule has 0 aromatic heterocycles. The van der Waals surface area contributed by atoms with Crippen molar-refractivity contribution in [2.24, 2.45) is 5.92 Å². The number of esters is 1. The molecule has 0 bridgehead atoms. The summed E-state index contributed by atoms with van der Waals surface area (Å²) in [6.45, 7) is 7.38.